The first-order valence-electron chi connectivity index (χ1n) is 11.0. The van der Waals surface area contributed by atoms with E-state index in [-0.39, 0.29) is 5.56 Å². The van der Waals surface area contributed by atoms with E-state index in [1.54, 1.807) is 43.5 Å². The van der Waals surface area contributed by atoms with Gasteiger partial charge in [-0.05, 0) is 77.5 Å². The van der Waals surface area contributed by atoms with Gasteiger partial charge in [-0.25, -0.2) is 9.78 Å². The van der Waals surface area contributed by atoms with Crippen molar-refractivity contribution in [2.75, 3.05) is 7.11 Å². The quantitative estimate of drug-likeness (QED) is 0.152. The van der Waals surface area contributed by atoms with E-state index in [1.165, 1.54) is 11.8 Å². The number of ether oxygens (including phenoxy) is 2. The Morgan fingerprint density at radius 3 is 2.67 bits per heavy atom. The molecule has 0 N–H and O–H groups in total. The van der Waals surface area contributed by atoms with Gasteiger partial charge in [-0.2, -0.15) is 9.78 Å². The van der Waals surface area contributed by atoms with Gasteiger partial charge in [-0.15, -0.1) is 0 Å². The molecule has 0 spiro atoms. The number of carbonyl (C=O) groups excluding carboxylic acids is 1. The van der Waals surface area contributed by atoms with E-state index in [2.05, 4.69) is 27.7 Å². The Bertz CT molecular complexity index is 1660. The second-order valence-electron chi connectivity index (χ2n) is 7.94. The lowest BCUT2D eigenvalue weighted by Crippen LogP contribution is -2.25. The van der Waals surface area contributed by atoms with Crippen LogP contribution in [0, 0.1) is 3.57 Å². The summed E-state index contributed by atoms with van der Waals surface area (Å²) in [5.74, 6) is 0.815. The molecule has 0 bridgehead atoms. The van der Waals surface area contributed by atoms with Crippen LogP contribution in [-0.2, 0) is 9.53 Å². The number of rotatable bonds is 6. The van der Waals surface area contributed by atoms with E-state index in [4.69, 9.17) is 18.9 Å². The molecule has 0 aliphatic carbocycles. The van der Waals surface area contributed by atoms with E-state index >= 15 is 0 Å². The van der Waals surface area contributed by atoms with Gasteiger partial charge in [0.25, 0.3) is 5.56 Å². The molecule has 9 heteroatoms. The SMILES string of the molecule is COC(=O)[C@@H](C)Oc1ccc(C=Nn2c(-c3cc4ccccc4o3)nc3ccccc3c2=O)cc1I. The minimum absolute atomic E-state index is 0.299. The topological polar surface area (TPSA) is 95.9 Å². The molecule has 36 heavy (non-hydrogen) atoms. The predicted octanol–water partition coefficient (Wildman–Crippen LogP) is 5.24. The molecule has 180 valence electrons. The number of halogens is 1. The van der Waals surface area contributed by atoms with Crippen LogP contribution in [0.3, 0.4) is 0 Å². The third kappa shape index (κ3) is 4.61. The summed E-state index contributed by atoms with van der Waals surface area (Å²) in [6.45, 7) is 1.62. The van der Waals surface area contributed by atoms with Crippen molar-refractivity contribution in [3.8, 4) is 17.3 Å². The van der Waals surface area contributed by atoms with Crippen LogP contribution in [0.1, 0.15) is 12.5 Å². The van der Waals surface area contributed by atoms with Crippen LogP contribution in [-0.4, -0.2) is 35.1 Å². The van der Waals surface area contributed by atoms with Gasteiger partial charge >= 0.3 is 5.97 Å². The van der Waals surface area contributed by atoms with Crippen molar-refractivity contribution in [1.82, 2.24) is 9.66 Å². The minimum atomic E-state index is -0.739. The zero-order valence-corrected chi connectivity index (χ0v) is 21.5. The standard InChI is InChI=1S/C27H20IN3O5/c1-16(27(33)34-2)35-23-12-11-17(13-20(23)28)15-29-31-25(24-14-18-7-3-6-10-22(18)36-24)30-21-9-5-4-8-19(21)26(31)32/h3-16H,1-2H3/t16-/m1/s1. The monoisotopic (exact) mass is 593 g/mol. The highest BCUT2D eigenvalue weighted by Crippen LogP contribution is 2.27. The molecule has 0 radical (unpaired) electrons. The van der Waals surface area contributed by atoms with Gasteiger partial charge < -0.3 is 13.9 Å². The lowest BCUT2D eigenvalue weighted by molar-refractivity contribution is -0.147. The summed E-state index contributed by atoms with van der Waals surface area (Å²) in [4.78, 5) is 29.8. The van der Waals surface area contributed by atoms with Gasteiger partial charge in [0, 0.05) is 5.39 Å². The van der Waals surface area contributed by atoms with Gasteiger partial charge in [0.15, 0.2) is 11.9 Å². The Morgan fingerprint density at radius 1 is 1.11 bits per heavy atom. The van der Waals surface area contributed by atoms with Crippen molar-refractivity contribution in [3.63, 3.8) is 0 Å². The van der Waals surface area contributed by atoms with Crippen molar-refractivity contribution in [2.24, 2.45) is 5.10 Å². The summed E-state index contributed by atoms with van der Waals surface area (Å²) in [7, 11) is 1.32. The largest absolute Gasteiger partial charge is 0.478 e. The molecule has 0 aliphatic rings. The van der Waals surface area contributed by atoms with Crippen LogP contribution < -0.4 is 10.3 Å². The maximum absolute atomic E-state index is 13.4. The van der Waals surface area contributed by atoms with Crippen molar-refractivity contribution in [1.29, 1.82) is 0 Å². The lowest BCUT2D eigenvalue weighted by Gasteiger charge is -2.14. The zero-order chi connectivity index (χ0) is 25.2. The highest BCUT2D eigenvalue weighted by Gasteiger charge is 2.18. The normalized spacial score (nSPS) is 12.3. The van der Waals surface area contributed by atoms with E-state index < -0.39 is 12.1 Å². The second kappa shape index (κ2) is 9.94. The minimum Gasteiger partial charge on any atom is -0.478 e. The smallest absolute Gasteiger partial charge is 0.346 e. The fraction of sp³-hybridized carbons (Fsp3) is 0.111. The van der Waals surface area contributed by atoms with Crippen LogP contribution in [0.5, 0.6) is 5.75 Å². The molecule has 0 amide bonds. The Labute approximate surface area is 219 Å². The lowest BCUT2D eigenvalue weighted by atomic mass is 10.2. The van der Waals surface area contributed by atoms with E-state index in [0.717, 1.165) is 14.5 Å². The highest BCUT2D eigenvalue weighted by atomic mass is 127. The molecule has 2 heterocycles. The summed E-state index contributed by atoms with van der Waals surface area (Å²) in [5.41, 5.74) is 1.67. The number of methoxy groups -OCH3 is 1. The molecular weight excluding hydrogens is 573 g/mol. The van der Waals surface area contributed by atoms with E-state index in [9.17, 15) is 9.59 Å². The van der Waals surface area contributed by atoms with Gasteiger partial charge in [0.1, 0.15) is 11.3 Å². The molecule has 2 aromatic heterocycles. The average Bonchev–Trinajstić information content (AvgIpc) is 3.33. The molecule has 3 aromatic carbocycles. The number of hydrogen-bond donors (Lipinski definition) is 0. The molecule has 5 rings (SSSR count). The third-order valence-electron chi connectivity index (χ3n) is 5.51. The number of furan rings is 1. The molecule has 0 unspecified atom stereocenters. The van der Waals surface area contributed by atoms with Crippen molar-refractivity contribution in [2.45, 2.75) is 13.0 Å². The second-order valence-corrected chi connectivity index (χ2v) is 9.10. The number of fused-ring (bicyclic) bond motifs is 2. The number of hydrogen-bond acceptors (Lipinski definition) is 7. The third-order valence-corrected chi connectivity index (χ3v) is 6.36. The summed E-state index contributed by atoms with van der Waals surface area (Å²) in [6, 6.07) is 21.9. The van der Waals surface area contributed by atoms with Crippen LogP contribution in [0.25, 0.3) is 33.5 Å². The maximum Gasteiger partial charge on any atom is 0.346 e. The maximum atomic E-state index is 13.4. The molecule has 0 aliphatic heterocycles. The summed E-state index contributed by atoms with van der Waals surface area (Å²) < 4.78 is 18.4. The Hall–Kier alpha value is -3.99. The highest BCUT2D eigenvalue weighted by molar-refractivity contribution is 14.1. The molecule has 0 saturated carbocycles. The molecule has 0 fully saturated rings. The predicted molar refractivity (Wildman–Crippen MR) is 145 cm³/mol. The number of esters is 1. The molecule has 0 saturated heterocycles. The number of aromatic nitrogens is 2. The van der Waals surface area contributed by atoms with E-state index in [0.29, 0.717) is 33.8 Å². The fourth-order valence-electron chi connectivity index (χ4n) is 3.70. The van der Waals surface area contributed by atoms with Crippen molar-refractivity contribution in [3.05, 3.63) is 92.3 Å². The van der Waals surface area contributed by atoms with Gasteiger partial charge in [0.05, 0.1) is 27.8 Å². The Morgan fingerprint density at radius 2 is 1.89 bits per heavy atom. The molecule has 1 atom stereocenters. The first-order chi connectivity index (χ1) is 17.4. The van der Waals surface area contributed by atoms with Gasteiger partial charge in [-0.3, -0.25) is 4.79 Å². The van der Waals surface area contributed by atoms with Gasteiger partial charge in [-0.1, -0.05) is 30.3 Å². The zero-order valence-electron chi connectivity index (χ0n) is 19.3. The average molecular weight is 593 g/mol. The summed E-state index contributed by atoms with van der Waals surface area (Å²) >= 11 is 2.12. The number of nitrogens with zero attached hydrogens (tertiary/aromatic N) is 3. The van der Waals surface area contributed by atoms with Crippen LogP contribution in [0.4, 0.5) is 0 Å². The fourth-order valence-corrected chi connectivity index (χ4v) is 4.37. The Balaban J connectivity index is 1.56. The number of carbonyl (C=O) groups is 1. The van der Waals surface area contributed by atoms with Crippen LogP contribution in [0.15, 0.2) is 87.1 Å². The molecular formula is C27H20IN3O5. The van der Waals surface area contributed by atoms with Crippen LogP contribution in [0.2, 0.25) is 0 Å². The number of benzene rings is 3. The first-order valence-corrected chi connectivity index (χ1v) is 12.1. The molecule has 5 aromatic rings. The molecule has 8 nitrogen and oxygen atoms in total. The summed E-state index contributed by atoms with van der Waals surface area (Å²) in [6.07, 6.45) is 0.830. The number of para-hydroxylation sites is 2. The van der Waals surface area contributed by atoms with Crippen LogP contribution >= 0.6 is 22.6 Å². The van der Waals surface area contributed by atoms with Gasteiger partial charge in [0.2, 0.25) is 5.82 Å². The van der Waals surface area contributed by atoms with E-state index in [1.807, 2.05) is 42.5 Å². The first kappa shape index (κ1) is 23.7. The Kier molecular flexibility index (Phi) is 6.55. The van der Waals surface area contributed by atoms with Crippen molar-refractivity contribution < 1.29 is 18.7 Å². The summed E-state index contributed by atoms with van der Waals surface area (Å²) in [5, 5.41) is 5.83. The van der Waals surface area contributed by atoms with Crippen molar-refractivity contribution >= 4 is 56.6 Å².